The first kappa shape index (κ1) is 32.4. The molecular weight excluding hydrogens is 782 g/mol. The Morgan fingerprint density at radius 1 is 0.707 bits per heavy atom. The van der Waals surface area contributed by atoms with Crippen LogP contribution in [0.1, 0.15) is 19.4 Å². The number of rotatable bonds is 11. The van der Waals surface area contributed by atoms with Crippen LogP contribution in [0.4, 0.5) is 5.82 Å². The van der Waals surface area contributed by atoms with Gasteiger partial charge in [-0.15, -0.1) is 0 Å². The second-order valence-corrected chi connectivity index (χ2v) is 10.00. The minimum absolute atomic E-state index is 0. The van der Waals surface area contributed by atoms with Crippen LogP contribution < -0.4 is 18.7 Å². The van der Waals surface area contributed by atoms with Crippen molar-refractivity contribution in [3.05, 3.63) is 134 Å². The fourth-order valence-electron chi connectivity index (χ4n) is 3.11. The number of anilines is 1. The van der Waals surface area contributed by atoms with Crippen LogP contribution >= 0.6 is 17.6 Å². The van der Waals surface area contributed by atoms with E-state index in [4.69, 9.17) is 18.1 Å². The Kier molecular flexibility index (Phi) is 14.0. The predicted molar refractivity (Wildman–Crippen MR) is 157 cm³/mol. The number of nitrogens with zero attached hydrogens (tertiary/aromatic N) is 4. The zero-order valence-electron chi connectivity index (χ0n) is 22.4. The second kappa shape index (κ2) is 17.6. The molecule has 0 amide bonds. The largest absolute Gasteiger partial charge is 0.532 e. The Morgan fingerprint density at radius 2 is 1.32 bits per heavy atom. The van der Waals surface area contributed by atoms with E-state index < -0.39 is 14.2 Å². The molecule has 208 valence electrons. The summed E-state index contributed by atoms with van der Waals surface area (Å²) in [6, 6.07) is 29.6. The topological polar surface area (TPSA) is 101 Å². The van der Waals surface area contributed by atoms with Gasteiger partial charge in [-0.25, -0.2) is 15.0 Å². The van der Waals surface area contributed by atoms with Gasteiger partial charge in [-0.1, -0.05) is 48.8 Å². The first-order valence-electron chi connectivity index (χ1n) is 12.2. The van der Waals surface area contributed by atoms with Gasteiger partial charge in [0.1, 0.15) is 20.5 Å². The van der Waals surface area contributed by atoms with E-state index in [-0.39, 0.29) is 40.1 Å². The Hall–Kier alpha value is -3.11. The summed E-state index contributed by atoms with van der Waals surface area (Å²) in [7, 11) is -1.92. The van der Waals surface area contributed by atoms with Gasteiger partial charge in [0.15, 0.2) is 0 Å². The van der Waals surface area contributed by atoms with Crippen molar-refractivity contribution in [2.24, 2.45) is 0 Å². The van der Waals surface area contributed by atoms with Gasteiger partial charge in [0.2, 0.25) is 11.8 Å². The third kappa shape index (κ3) is 11.4. The van der Waals surface area contributed by atoms with Gasteiger partial charge in [0.25, 0.3) is 0 Å². The molecule has 0 aliphatic heterocycles. The van der Waals surface area contributed by atoms with E-state index in [1.807, 2.05) is 92.7 Å². The summed E-state index contributed by atoms with van der Waals surface area (Å²) in [5.41, 5.74) is 0.167. The van der Waals surface area contributed by atoms with Crippen molar-refractivity contribution in [1.29, 1.82) is 0 Å². The molecule has 1 atom stereocenters. The van der Waals surface area contributed by atoms with E-state index in [0.717, 1.165) is 11.4 Å². The first-order valence-corrected chi connectivity index (χ1v) is 14.2. The van der Waals surface area contributed by atoms with Gasteiger partial charge in [-0.2, -0.15) is 18.2 Å². The normalized spacial score (nSPS) is 10.7. The van der Waals surface area contributed by atoms with Crippen molar-refractivity contribution in [1.82, 2.24) is 19.9 Å². The van der Waals surface area contributed by atoms with Crippen LogP contribution in [-0.2, 0) is 10.1 Å². The standard InChI is InChI=1S/C24H24N4O4P2.C5H4N.U/c1-24(2,32-33-28-21-13-5-8-16-25-21)19-11-3-4-12-20(19)29-34(30-22-14-6-9-17-26-22)31-23-15-7-10-18-27-23;1-2-4-6-5-3-1;/h3-18,33H,1-2H3,(H,25,28);1-4H;/q;-1;. The van der Waals surface area contributed by atoms with Crippen LogP contribution in [0, 0.1) is 37.3 Å². The van der Waals surface area contributed by atoms with E-state index in [9.17, 15) is 0 Å². The minimum atomic E-state index is -1.91. The van der Waals surface area contributed by atoms with Crippen molar-refractivity contribution in [2.45, 2.75) is 19.4 Å². The molecule has 0 radical (unpaired) electrons. The summed E-state index contributed by atoms with van der Waals surface area (Å²) in [6.45, 7) is 3.95. The van der Waals surface area contributed by atoms with Crippen LogP contribution in [0.25, 0.3) is 0 Å². The van der Waals surface area contributed by atoms with Crippen LogP contribution in [-0.4, -0.2) is 19.9 Å². The van der Waals surface area contributed by atoms with Gasteiger partial charge in [0.05, 0.1) is 5.60 Å². The fourth-order valence-corrected chi connectivity index (χ4v) is 4.73. The molecule has 1 unspecified atom stereocenters. The zero-order chi connectivity index (χ0) is 27.9. The summed E-state index contributed by atoms with van der Waals surface area (Å²) in [5.74, 6) is 2.10. The zero-order valence-corrected chi connectivity index (χ0v) is 28.5. The number of benzene rings is 1. The van der Waals surface area contributed by atoms with E-state index in [1.54, 1.807) is 43.0 Å². The van der Waals surface area contributed by atoms with Crippen LogP contribution in [0.2, 0.25) is 0 Å². The van der Waals surface area contributed by atoms with Crippen molar-refractivity contribution in [3.63, 3.8) is 0 Å². The molecule has 5 rings (SSSR count). The van der Waals surface area contributed by atoms with Gasteiger partial charge < -0.3 is 28.2 Å². The second-order valence-electron chi connectivity index (χ2n) is 8.34. The molecule has 0 fully saturated rings. The van der Waals surface area contributed by atoms with E-state index in [1.165, 1.54) is 0 Å². The van der Waals surface area contributed by atoms with Crippen molar-refractivity contribution < 1.29 is 49.2 Å². The van der Waals surface area contributed by atoms with Crippen LogP contribution in [0.5, 0.6) is 17.5 Å². The molecule has 41 heavy (non-hydrogen) atoms. The summed E-state index contributed by atoms with van der Waals surface area (Å²) < 4.78 is 24.3. The molecule has 0 saturated heterocycles. The van der Waals surface area contributed by atoms with Crippen LogP contribution in [0.15, 0.2) is 122 Å². The van der Waals surface area contributed by atoms with Crippen molar-refractivity contribution in [2.75, 3.05) is 5.09 Å². The van der Waals surface area contributed by atoms with E-state index >= 15 is 0 Å². The number of aromatic nitrogens is 4. The molecule has 1 N–H and O–H groups in total. The maximum absolute atomic E-state index is 6.24. The van der Waals surface area contributed by atoms with Gasteiger partial charge in [0, 0.05) is 67.4 Å². The molecule has 0 aliphatic carbocycles. The predicted octanol–water partition coefficient (Wildman–Crippen LogP) is 7.39. The average molecular weight is 811 g/mol. The third-order valence-electron chi connectivity index (χ3n) is 4.99. The first-order chi connectivity index (χ1) is 19.6. The number of para-hydroxylation sites is 1. The molecule has 4 heterocycles. The SMILES string of the molecule is CC(C)(OPNc1ccccn1)c1ccccc1OP(Oc1ccccn1)Oc1ccccn1.[U].[c-]1ccccn1. The Labute approximate surface area is 266 Å². The maximum Gasteiger partial charge on any atom is 0.532 e. The molecular formula is C29H28N5O4P2U-. The van der Waals surface area contributed by atoms with Gasteiger partial charge >= 0.3 is 8.60 Å². The number of nitrogens with one attached hydrogen (secondary N) is 1. The Bertz CT molecular complexity index is 1330. The molecule has 12 heteroatoms. The Balaban J connectivity index is 0.000000587. The summed E-state index contributed by atoms with van der Waals surface area (Å²) in [5, 5.41) is 3.19. The average Bonchev–Trinajstić information content (AvgIpc) is 3.00. The minimum Gasteiger partial charge on any atom is -0.408 e. The number of hydrogen-bond donors (Lipinski definition) is 1. The van der Waals surface area contributed by atoms with E-state index in [2.05, 4.69) is 31.2 Å². The summed E-state index contributed by atoms with van der Waals surface area (Å²) in [6.07, 6.45) is 9.35. The summed E-state index contributed by atoms with van der Waals surface area (Å²) >= 11 is 0. The Morgan fingerprint density at radius 3 is 1.83 bits per heavy atom. The summed E-state index contributed by atoms with van der Waals surface area (Å²) in [4.78, 5) is 16.4. The molecule has 1 aromatic carbocycles. The number of pyridine rings is 4. The molecule has 0 saturated carbocycles. The smallest absolute Gasteiger partial charge is 0.408 e. The quantitative estimate of drug-likeness (QED) is 0.108. The van der Waals surface area contributed by atoms with Gasteiger partial charge in [-0.3, -0.25) is 0 Å². The molecule has 0 spiro atoms. The number of hydrogen-bond acceptors (Lipinski definition) is 9. The maximum atomic E-state index is 6.24. The van der Waals surface area contributed by atoms with Gasteiger partial charge in [-0.05, 0) is 44.2 Å². The van der Waals surface area contributed by atoms with Crippen LogP contribution in [0.3, 0.4) is 0 Å². The monoisotopic (exact) mass is 810 g/mol. The molecule has 5 aromatic rings. The van der Waals surface area contributed by atoms with Crippen molar-refractivity contribution in [3.8, 4) is 17.5 Å². The molecule has 4 aromatic heterocycles. The van der Waals surface area contributed by atoms with Crippen molar-refractivity contribution >= 4 is 23.4 Å². The fraction of sp³-hybridized carbons (Fsp3) is 0.103. The molecule has 9 nitrogen and oxygen atoms in total. The molecule has 0 bridgehead atoms. The third-order valence-corrected chi connectivity index (χ3v) is 6.98. The van der Waals surface area contributed by atoms with E-state index in [0.29, 0.717) is 17.5 Å². The molecule has 0 aliphatic rings.